The van der Waals surface area contributed by atoms with Crippen molar-refractivity contribution in [1.29, 1.82) is 0 Å². The molecular formula is C19H19FN6O. The molecule has 138 valence electrons. The first-order chi connectivity index (χ1) is 13.2. The Kier molecular flexibility index (Phi) is 3.77. The summed E-state index contributed by atoms with van der Waals surface area (Å²) in [5.74, 6) is 0.389. The number of nitrogens with one attached hydrogen (secondary N) is 1. The van der Waals surface area contributed by atoms with E-state index in [2.05, 4.69) is 20.3 Å². The van der Waals surface area contributed by atoms with Gasteiger partial charge >= 0.3 is 0 Å². The monoisotopic (exact) mass is 366 g/mol. The van der Waals surface area contributed by atoms with Gasteiger partial charge in [0.25, 0.3) is 0 Å². The van der Waals surface area contributed by atoms with Crippen LogP contribution in [0.2, 0.25) is 0 Å². The molecule has 3 aromatic rings. The van der Waals surface area contributed by atoms with Crippen LogP contribution < -0.4 is 10.2 Å². The van der Waals surface area contributed by atoms with Crippen LogP contribution in [0.25, 0.3) is 5.65 Å². The van der Waals surface area contributed by atoms with Crippen LogP contribution in [0.5, 0.6) is 0 Å². The molecule has 5 heterocycles. The highest BCUT2D eigenvalue weighted by molar-refractivity contribution is 5.94. The number of anilines is 2. The fraction of sp³-hybridized carbons (Fsp3) is 0.368. The van der Waals surface area contributed by atoms with Crippen LogP contribution in [0.1, 0.15) is 43.0 Å². The summed E-state index contributed by atoms with van der Waals surface area (Å²) in [5, 5.41) is 7.17. The number of carbonyl (C=O) groups is 1. The summed E-state index contributed by atoms with van der Waals surface area (Å²) in [6.07, 6.45) is 8.32. The fourth-order valence-corrected chi connectivity index (χ4v) is 4.08. The predicted octanol–water partition coefficient (Wildman–Crippen LogP) is 2.88. The average molecular weight is 366 g/mol. The molecule has 8 heteroatoms. The molecule has 2 bridgehead atoms. The van der Waals surface area contributed by atoms with Crippen LogP contribution in [-0.4, -0.2) is 32.0 Å². The first-order valence-corrected chi connectivity index (χ1v) is 9.24. The van der Waals surface area contributed by atoms with E-state index in [1.165, 1.54) is 6.20 Å². The highest BCUT2D eigenvalue weighted by Gasteiger charge is 2.30. The Morgan fingerprint density at radius 2 is 2.15 bits per heavy atom. The molecular weight excluding hydrogens is 347 g/mol. The van der Waals surface area contributed by atoms with Gasteiger partial charge in [-0.25, -0.2) is 13.9 Å². The van der Waals surface area contributed by atoms with E-state index in [1.54, 1.807) is 16.8 Å². The molecule has 0 aliphatic carbocycles. The van der Waals surface area contributed by atoms with Crippen molar-refractivity contribution < 1.29 is 9.18 Å². The molecule has 0 saturated carbocycles. The van der Waals surface area contributed by atoms with E-state index in [9.17, 15) is 9.18 Å². The van der Waals surface area contributed by atoms with Crippen molar-refractivity contribution >= 4 is 23.1 Å². The molecule has 1 saturated heterocycles. The molecule has 0 radical (unpaired) electrons. The Balaban J connectivity index is 1.67. The summed E-state index contributed by atoms with van der Waals surface area (Å²) in [4.78, 5) is 23.6. The molecule has 1 amide bonds. The predicted molar refractivity (Wildman–Crippen MR) is 98.1 cm³/mol. The largest absolute Gasteiger partial charge is 0.349 e. The Bertz CT molecular complexity index is 1030. The topological polar surface area (TPSA) is 75.4 Å². The van der Waals surface area contributed by atoms with E-state index in [1.807, 2.05) is 12.3 Å². The Hall–Kier alpha value is -3.03. The maximum absolute atomic E-state index is 14.0. The molecule has 1 fully saturated rings. The lowest BCUT2D eigenvalue weighted by molar-refractivity contribution is -0.116. The molecule has 1 N–H and O–H groups in total. The Morgan fingerprint density at radius 3 is 3.07 bits per heavy atom. The van der Waals surface area contributed by atoms with Gasteiger partial charge in [0.05, 0.1) is 18.4 Å². The average Bonchev–Trinajstić information content (AvgIpc) is 3.29. The van der Waals surface area contributed by atoms with Crippen molar-refractivity contribution in [2.24, 2.45) is 0 Å². The van der Waals surface area contributed by atoms with Gasteiger partial charge in [0.2, 0.25) is 5.91 Å². The molecule has 7 nitrogen and oxygen atoms in total. The smallest absolute Gasteiger partial charge is 0.224 e. The van der Waals surface area contributed by atoms with Crippen molar-refractivity contribution in [1.82, 2.24) is 19.6 Å². The van der Waals surface area contributed by atoms with Crippen LogP contribution in [0.15, 0.2) is 30.7 Å². The van der Waals surface area contributed by atoms with Gasteiger partial charge in [0.15, 0.2) is 5.65 Å². The van der Waals surface area contributed by atoms with E-state index in [-0.39, 0.29) is 17.8 Å². The third-order valence-electron chi connectivity index (χ3n) is 5.32. The number of aryl methyl sites for hydroxylation is 1. The van der Waals surface area contributed by atoms with Crippen LogP contribution >= 0.6 is 0 Å². The number of aromatic nitrogens is 4. The van der Waals surface area contributed by atoms with Crippen molar-refractivity contribution in [2.75, 3.05) is 16.8 Å². The van der Waals surface area contributed by atoms with Gasteiger partial charge in [-0.2, -0.15) is 5.10 Å². The van der Waals surface area contributed by atoms with Gasteiger partial charge in [-0.05, 0) is 43.4 Å². The number of amides is 1. The lowest BCUT2D eigenvalue weighted by Crippen LogP contribution is -2.25. The Labute approximate surface area is 155 Å². The lowest BCUT2D eigenvalue weighted by atomic mass is 9.99. The molecule has 27 heavy (non-hydrogen) atoms. The molecule has 2 aliphatic heterocycles. The third kappa shape index (κ3) is 2.81. The van der Waals surface area contributed by atoms with E-state index in [0.29, 0.717) is 30.6 Å². The molecule has 1 unspecified atom stereocenters. The zero-order chi connectivity index (χ0) is 18.4. The van der Waals surface area contributed by atoms with E-state index >= 15 is 0 Å². The Morgan fingerprint density at radius 1 is 1.22 bits per heavy atom. The molecule has 3 aromatic heterocycles. The molecule has 0 spiro atoms. The normalized spacial score (nSPS) is 19.8. The standard InChI is InChI=1S/C19H19FN6O/c20-12-9-13-14(21-10-12)3-1-5-18(27)23-15-11-22-26-8-6-17(24-19(15)26)25-7-2-4-16(13)25/h6,8-11,16H,1-5,7H2,(H,23,27). The summed E-state index contributed by atoms with van der Waals surface area (Å²) in [7, 11) is 0. The summed E-state index contributed by atoms with van der Waals surface area (Å²) in [6.45, 7) is 0.847. The first kappa shape index (κ1) is 16.2. The maximum Gasteiger partial charge on any atom is 0.224 e. The van der Waals surface area contributed by atoms with Crippen molar-refractivity contribution in [3.63, 3.8) is 0 Å². The summed E-state index contributed by atoms with van der Waals surface area (Å²) in [6, 6.07) is 3.54. The number of hydrogen-bond acceptors (Lipinski definition) is 5. The van der Waals surface area contributed by atoms with Crippen LogP contribution in [0.3, 0.4) is 0 Å². The van der Waals surface area contributed by atoms with Crippen molar-refractivity contribution in [3.8, 4) is 0 Å². The second-order valence-corrected chi connectivity index (χ2v) is 7.05. The zero-order valence-electron chi connectivity index (χ0n) is 14.7. The number of nitrogens with zero attached hydrogens (tertiary/aromatic N) is 5. The lowest BCUT2D eigenvalue weighted by Gasteiger charge is -2.27. The van der Waals surface area contributed by atoms with Crippen LogP contribution in [0, 0.1) is 5.82 Å². The number of hydrogen-bond donors (Lipinski definition) is 1. The van der Waals surface area contributed by atoms with Gasteiger partial charge in [-0.15, -0.1) is 0 Å². The zero-order valence-corrected chi connectivity index (χ0v) is 14.7. The minimum absolute atomic E-state index is 0.0361. The second-order valence-electron chi connectivity index (χ2n) is 7.05. The van der Waals surface area contributed by atoms with E-state index in [0.717, 1.165) is 36.5 Å². The number of rotatable bonds is 0. The molecule has 5 rings (SSSR count). The highest BCUT2D eigenvalue weighted by atomic mass is 19.1. The van der Waals surface area contributed by atoms with Gasteiger partial charge in [-0.1, -0.05) is 0 Å². The van der Waals surface area contributed by atoms with Crippen molar-refractivity contribution in [2.45, 2.75) is 38.1 Å². The molecule has 1 atom stereocenters. The van der Waals surface area contributed by atoms with E-state index in [4.69, 9.17) is 4.98 Å². The quantitative estimate of drug-likeness (QED) is 0.662. The summed E-state index contributed by atoms with van der Waals surface area (Å²) < 4.78 is 15.6. The molecule has 2 aliphatic rings. The number of halogens is 1. The number of fused-ring (bicyclic) bond motifs is 5. The van der Waals surface area contributed by atoms with Gasteiger partial charge in [0, 0.05) is 24.9 Å². The maximum atomic E-state index is 14.0. The minimum atomic E-state index is -0.329. The highest BCUT2D eigenvalue weighted by Crippen LogP contribution is 2.37. The summed E-state index contributed by atoms with van der Waals surface area (Å²) >= 11 is 0. The van der Waals surface area contributed by atoms with Crippen LogP contribution in [0.4, 0.5) is 15.9 Å². The summed E-state index contributed by atoms with van der Waals surface area (Å²) in [5.41, 5.74) is 2.99. The van der Waals surface area contributed by atoms with Crippen LogP contribution in [-0.2, 0) is 11.2 Å². The SMILES string of the molecule is O=C1CCCc2ncc(F)cc2C2CCCN2c2ccn3ncc(c3n2)N1. The fourth-order valence-electron chi connectivity index (χ4n) is 4.08. The number of carbonyl (C=O) groups excluding carboxylic acids is 1. The number of pyridine rings is 1. The van der Waals surface area contributed by atoms with Gasteiger partial charge < -0.3 is 10.2 Å². The van der Waals surface area contributed by atoms with Gasteiger partial charge in [-0.3, -0.25) is 9.78 Å². The van der Waals surface area contributed by atoms with E-state index < -0.39 is 0 Å². The van der Waals surface area contributed by atoms with Gasteiger partial charge in [0.1, 0.15) is 17.3 Å². The molecule has 0 aromatic carbocycles. The van der Waals surface area contributed by atoms with Crippen molar-refractivity contribution in [3.05, 3.63) is 47.8 Å². The second kappa shape index (κ2) is 6.29. The minimum Gasteiger partial charge on any atom is -0.349 e. The third-order valence-corrected chi connectivity index (χ3v) is 5.32. The first-order valence-electron chi connectivity index (χ1n) is 9.24.